The number of fused-ring (bicyclic) bond motifs is 1. The first-order chi connectivity index (χ1) is 14.5. The van der Waals surface area contributed by atoms with Gasteiger partial charge in [0.15, 0.2) is 10.1 Å². The van der Waals surface area contributed by atoms with Crippen LogP contribution in [0.3, 0.4) is 0 Å². The average Bonchev–Trinajstić information content (AvgIpc) is 3.48. The lowest BCUT2D eigenvalue weighted by Gasteiger charge is -2.15. The van der Waals surface area contributed by atoms with Gasteiger partial charge in [0.05, 0.1) is 5.25 Å². The Hall–Kier alpha value is -2.23. The quantitative estimate of drug-likeness (QED) is 0.395. The standard InChI is InChI=1S/C21H22N4O2S3/c1-13(19(27)16-5-6-18-15(12-16)8-10-25(18)14(2)26)29-21-24-23-20(30-21)22-9-7-17-4-3-11-28-17/h3-6,11-13H,7-10H2,1-2H3,(H,22,23). The van der Waals surface area contributed by atoms with Crippen LogP contribution in [0.5, 0.6) is 0 Å². The maximum atomic E-state index is 12.9. The van der Waals surface area contributed by atoms with E-state index in [2.05, 4.69) is 33.0 Å². The fourth-order valence-electron chi connectivity index (χ4n) is 3.40. The van der Waals surface area contributed by atoms with Crippen LogP contribution in [-0.2, 0) is 17.6 Å². The van der Waals surface area contributed by atoms with Crippen molar-refractivity contribution in [3.8, 4) is 0 Å². The first-order valence-electron chi connectivity index (χ1n) is 9.73. The molecule has 1 unspecified atom stereocenters. The van der Waals surface area contributed by atoms with E-state index in [1.807, 2.05) is 25.1 Å². The minimum Gasteiger partial charge on any atom is -0.360 e. The number of thiophene rings is 1. The number of anilines is 2. The molecule has 1 amide bonds. The van der Waals surface area contributed by atoms with E-state index in [1.54, 1.807) is 23.2 Å². The predicted molar refractivity (Wildman–Crippen MR) is 124 cm³/mol. The monoisotopic (exact) mass is 458 g/mol. The lowest BCUT2D eigenvalue weighted by molar-refractivity contribution is -0.116. The molecule has 1 N–H and O–H groups in total. The van der Waals surface area contributed by atoms with Crippen molar-refractivity contribution in [2.45, 2.75) is 36.3 Å². The molecule has 0 saturated heterocycles. The molecule has 0 saturated carbocycles. The third kappa shape index (κ3) is 4.74. The molecule has 1 aromatic carbocycles. The van der Waals surface area contributed by atoms with Gasteiger partial charge in [0.1, 0.15) is 0 Å². The van der Waals surface area contributed by atoms with Gasteiger partial charge in [-0.15, -0.1) is 21.5 Å². The summed E-state index contributed by atoms with van der Waals surface area (Å²) >= 11 is 4.65. The van der Waals surface area contributed by atoms with Crippen molar-refractivity contribution in [3.63, 3.8) is 0 Å². The number of benzene rings is 1. The van der Waals surface area contributed by atoms with E-state index in [0.717, 1.165) is 40.1 Å². The molecule has 2 aromatic heterocycles. The first-order valence-corrected chi connectivity index (χ1v) is 12.3. The average molecular weight is 459 g/mol. The smallest absolute Gasteiger partial charge is 0.223 e. The van der Waals surface area contributed by atoms with E-state index in [9.17, 15) is 9.59 Å². The Morgan fingerprint density at radius 3 is 2.93 bits per heavy atom. The summed E-state index contributed by atoms with van der Waals surface area (Å²) in [5.41, 5.74) is 2.65. The number of hydrogen-bond donors (Lipinski definition) is 1. The van der Waals surface area contributed by atoms with Crippen LogP contribution in [0.4, 0.5) is 10.8 Å². The third-order valence-electron chi connectivity index (χ3n) is 4.92. The summed E-state index contributed by atoms with van der Waals surface area (Å²) in [7, 11) is 0. The fraction of sp³-hybridized carbons (Fsp3) is 0.333. The number of carbonyl (C=O) groups excluding carboxylic acids is 2. The number of rotatable bonds is 8. The van der Waals surface area contributed by atoms with Crippen LogP contribution in [0.25, 0.3) is 0 Å². The topological polar surface area (TPSA) is 75.2 Å². The Kier molecular flexibility index (Phi) is 6.50. The largest absolute Gasteiger partial charge is 0.360 e. The maximum absolute atomic E-state index is 12.9. The van der Waals surface area contributed by atoms with Crippen molar-refractivity contribution >= 4 is 56.9 Å². The van der Waals surface area contributed by atoms with Gasteiger partial charge < -0.3 is 10.2 Å². The number of amides is 1. The second kappa shape index (κ2) is 9.28. The van der Waals surface area contributed by atoms with Gasteiger partial charge in [-0.05, 0) is 55.0 Å². The van der Waals surface area contributed by atoms with Gasteiger partial charge in [-0.3, -0.25) is 9.59 Å². The number of thioether (sulfide) groups is 1. The van der Waals surface area contributed by atoms with Crippen molar-refractivity contribution in [2.24, 2.45) is 0 Å². The van der Waals surface area contributed by atoms with E-state index in [1.165, 1.54) is 28.0 Å². The van der Waals surface area contributed by atoms with Gasteiger partial charge in [0, 0.05) is 36.1 Å². The van der Waals surface area contributed by atoms with Gasteiger partial charge in [0.25, 0.3) is 0 Å². The number of carbonyl (C=O) groups is 2. The molecule has 30 heavy (non-hydrogen) atoms. The fourth-order valence-corrected chi connectivity index (χ4v) is 6.11. The molecule has 156 valence electrons. The molecule has 3 aromatic rings. The molecule has 0 aliphatic carbocycles. The Bertz CT molecular complexity index is 1050. The lowest BCUT2D eigenvalue weighted by Crippen LogP contribution is -2.25. The Morgan fingerprint density at radius 1 is 1.30 bits per heavy atom. The highest BCUT2D eigenvalue weighted by Crippen LogP contribution is 2.33. The Labute approximate surface area is 187 Å². The van der Waals surface area contributed by atoms with E-state index in [4.69, 9.17) is 0 Å². The van der Waals surface area contributed by atoms with Crippen molar-refractivity contribution in [2.75, 3.05) is 23.3 Å². The first kappa shape index (κ1) is 21.0. The van der Waals surface area contributed by atoms with Gasteiger partial charge in [-0.2, -0.15) is 0 Å². The van der Waals surface area contributed by atoms with Crippen LogP contribution >= 0.6 is 34.4 Å². The summed E-state index contributed by atoms with van der Waals surface area (Å²) in [6.07, 6.45) is 1.74. The van der Waals surface area contributed by atoms with Crippen LogP contribution in [0, 0.1) is 0 Å². The van der Waals surface area contributed by atoms with Gasteiger partial charge in [0.2, 0.25) is 11.0 Å². The highest BCUT2D eigenvalue weighted by atomic mass is 32.2. The van der Waals surface area contributed by atoms with Crippen LogP contribution < -0.4 is 10.2 Å². The van der Waals surface area contributed by atoms with E-state index >= 15 is 0 Å². The summed E-state index contributed by atoms with van der Waals surface area (Å²) in [5.74, 6) is 0.0966. The van der Waals surface area contributed by atoms with Crippen LogP contribution in [-0.4, -0.2) is 40.2 Å². The minimum atomic E-state index is -0.264. The minimum absolute atomic E-state index is 0.0350. The summed E-state index contributed by atoms with van der Waals surface area (Å²) in [5, 5.41) is 14.3. The van der Waals surface area contributed by atoms with Gasteiger partial charge >= 0.3 is 0 Å². The highest BCUT2D eigenvalue weighted by Gasteiger charge is 2.25. The molecule has 3 heterocycles. The zero-order valence-electron chi connectivity index (χ0n) is 16.8. The lowest BCUT2D eigenvalue weighted by atomic mass is 10.0. The zero-order chi connectivity index (χ0) is 21.1. The molecule has 0 fully saturated rings. The molecule has 0 radical (unpaired) electrons. The molecule has 9 heteroatoms. The molecule has 4 rings (SSSR count). The normalized spacial score (nSPS) is 13.9. The highest BCUT2D eigenvalue weighted by molar-refractivity contribution is 8.02. The van der Waals surface area contributed by atoms with Crippen molar-refractivity contribution in [1.29, 1.82) is 0 Å². The maximum Gasteiger partial charge on any atom is 0.223 e. The molecule has 1 atom stereocenters. The number of nitrogens with one attached hydrogen (secondary N) is 1. The number of ketones is 1. The number of nitrogens with zero attached hydrogens (tertiary/aromatic N) is 3. The van der Waals surface area contributed by atoms with Gasteiger partial charge in [-0.1, -0.05) is 29.2 Å². The van der Waals surface area contributed by atoms with Gasteiger partial charge in [-0.25, -0.2) is 0 Å². The third-order valence-corrected chi connectivity index (χ3v) is 7.92. The van der Waals surface area contributed by atoms with E-state index in [0.29, 0.717) is 12.1 Å². The summed E-state index contributed by atoms with van der Waals surface area (Å²) in [6.45, 7) is 4.95. The summed E-state index contributed by atoms with van der Waals surface area (Å²) in [4.78, 5) is 27.7. The molecule has 0 spiro atoms. The van der Waals surface area contributed by atoms with Crippen molar-refractivity contribution in [3.05, 3.63) is 51.7 Å². The van der Waals surface area contributed by atoms with Crippen LogP contribution in [0.1, 0.15) is 34.6 Å². The Balaban J connectivity index is 1.34. The van der Waals surface area contributed by atoms with Crippen molar-refractivity contribution < 1.29 is 9.59 Å². The molecule has 1 aliphatic heterocycles. The summed E-state index contributed by atoms with van der Waals surface area (Å²) < 4.78 is 0.776. The molecule has 6 nitrogen and oxygen atoms in total. The zero-order valence-corrected chi connectivity index (χ0v) is 19.2. The van der Waals surface area contributed by atoms with Crippen LogP contribution in [0.15, 0.2) is 40.1 Å². The number of aromatic nitrogens is 2. The van der Waals surface area contributed by atoms with Crippen molar-refractivity contribution in [1.82, 2.24) is 10.2 Å². The summed E-state index contributed by atoms with van der Waals surface area (Å²) in [6, 6.07) is 9.80. The number of hydrogen-bond acceptors (Lipinski definition) is 8. The molecular weight excluding hydrogens is 436 g/mol. The Morgan fingerprint density at radius 2 is 2.17 bits per heavy atom. The predicted octanol–water partition coefficient (Wildman–Crippen LogP) is 4.53. The van der Waals surface area contributed by atoms with E-state index in [-0.39, 0.29) is 16.9 Å². The SMILES string of the molecule is CC(=O)N1CCc2cc(C(=O)C(C)Sc3nnc(NCCc4cccs4)s3)ccc21. The molecular formula is C21H22N4O2S3. The molecule has 0 bridgehead atoms. The molecule has 1 aliphatic rings. The van der Waals surface area contributed by atoms with E-state index < -0.39 is 0 Å². The number of Topliss-reactive ketones (excluding diaryl/α,β-unsaturated/α-hetero) is 1. The second-order valence-corrected chi connectivity index (χ2v) is 10.6. The van der Waals surface area contributed by atoms with Crippen LogP contribution in [0.2, 0.25) is 0 Å². The second-order valence-electron chi connectivity index (χ2n) is 7.02.